The highest BCUT2D eigenvalue weighted by Gasteiger charge is 2.59. The standard InChI is InChI=1S/C26H32Cl2N4O/c1-25(2,3)15-21-26(16-30,18-8-10-19(27)11-9-18)22(17-6-4-7-20(28)14-17)23(32-21)24(33)31-13-5-12-29/h4,6-11,14,21-23,32H,5,12-13,15,29H2,1-3H3,(H,31,33)/t21-,22-,23+,26-/m0/s1. The van der Waals surface area contributed by atoms with Crippen molar-refractivity contribution in [3.63, 3.8) is 0 Å². The van der Waals surface area contributed by atoms with Crippen LogP contribution in [0.2, 0.25) is 10.0 Å². The minimum atomic E-state index is -1.00. The van der Waals surface area contributed by atoms with Crippen molar-refractivity contribution in [1.82, 2.24) is 10.6 Å². The van der Waals surface area contributed by atoms with E-state index in [-0.39, 0.29) is 17.4 Å². The summed E-state index contributed by atoms with van der Waals surface area (Å²) in [5, 5.41) is 18.5. The first-order valence-corrected chi connectivity index (χ1v) is 12.0. The number of rotatable bonds is 7. The van der Waals surface area contributed by atoms with E-state index in [0.717, 1.165) is 11.1 Å². The largest absolute Gasteiger partial charge is 0.355 e. The Balaban J connectivity index is 2.20. The highest BCUT2D eigenvalue weighted by molar-refractivity contribution is 6.30. The molecule has 4 N–H and O–H groups in total. The highest BCUT2D eigenvalue weighted by Crippen LogP contribution is 2.51. The maximum atomic E-state index is 13.4. The number of nitrogens with one attached hydrogen (secondary N) is 2. The van der Waals surface area contributed by atoms with E-state index in [0.29, 0.717) is 36.0 Å². The number of amides is 1. The van der Waals surface area contributed by atoms with Crippen LogP contribution in [0, 0.1) is 16.7 Å². The van der Waals surface area contributed by atoms with Crippen molar-refractivity contribution < 1.29 is 4.79 Å². The first-order chi connectivity index (χ1) is 15.6. The van der Waals surface area contributed by atoms with Gasteiger partial charge in [0.25, 0.3) is 0 Å². The number of carbonyl (C=O) groups is 1. The summed E-state index contributed by atoms with van der Waals surface area (Å²) in [4.78, 5) is 13.4. The molecule has 1 heterocycles. The summed E-state index contributed by atoms with van der Waals surface area (Å²) in [5.41, 5.74) is 6.22. The molecule has 1 amide bonds. The molecule has 1 aliphatic heterocycles. The molecule has 1 fully saturated rings. The Kier molecular flexibility index (Phi) is 8.08. The quantitative estimate of drug-likeness (QED) is 0.491. The Labute approximate surface area is 206 Å². The van der Waals surface area contributed by atoms with Gasteiger partial charge in [0.1, 0.15) is 5.41 Å². The Morgan fingerprint density at radius 2 is 1.88 bits per heavy atom. The highest BCUT2D eigenvalue weighted by atomic mass is 35.5. The second kappa shape index (κ2) is 10.4. The first kappa shape index (κ1) is 25.5. The molecular formula is C26H32Cl2N4O. The van der Waals surface area contributed by atoms with Gasteiger partial charge in [0, 0.05) is 28.5 Å². The van der Waals surface area contributed by atoms with E-state index >= 15 is 0 Å². The molecule has 176 valence electrons. The molecule has 0 aromatic heterocycles. The lowest BCUT2D eigenvalue weighted by molar-refractivity contribution is -0.123. The van der Waals surface area contributed by atoms with E-state index < -0.39 is 17.4 Å². The van der Waals surface area contributed by atoms with Gasteiger partial charge in [0.05, 0.1) is 12.1 Å². The zero-order valence-electron chi connectivity index (χ0n) is 19.4. The zero-order chi connectivity index (χ0) is 24.2. The van der Waals surface area contributed by atoms with Crippen LogP contribution < -0.4 is 16.4 Å². The third-order valence-corrected chi connectivity index (χ3v) is 6.74. The number of nitrogens with two attached hydrogens (primary N) is 1. The predicted octanol–water partition coefficient (Wildman–Crippen LogP) is 4.78. The molecule has 0 saturated carbocycles. The van der Waals surface area contributed by atoms with Gasteiger partial charge in [-0.05, 0) is 60.2 Å². The van der Waals surface area contributed by atoms with Crippen molar-refractivity contribution in [2.75, 3.05) is 13.1 Å². The van der Waals surface area contributed by atoms with Crippen molar-refractivity contribution in [2.45, 2.75) is 57.0 Å². The Bertz CT molecular complexity index is 1010. The second-order valence-electron chi connectivity index (χ2n) is 9.92. The maximum absolute atomic E-state index is 13.4. The monoisotopic (exact) mass is 486 g/mol. The van der Waals surface area contributed by atoms with Crippen molar-refractivity contribution in [1.29, 1.82) is 5.26 Å². The van der Waals surface area contributed by atoms with Crippen LogP contribution >= 0.6 is 23.2 Å². The van der Waals surface area contributed by atoms with Crippen LogP contribution in [0.15, 0.2) is 48.5 Å². The van der Waals surface area contributed by atoms with Gasteiger partial charge in [-0.25, -0.2) is 0 Å². The minimum Gasteiger partial charge on any atom is -0.355 e. The number of hydrogen-bond acceptors (Lipinski definition) is 4. The first-order valence-electron chi connectivity index (χ1n) is 11.3. The maximum Gasteiger partial charge on any atom is 0.237 e. The molecule has 3 rings (SSSR count). The molecule has 1 saturated heterocycles. The van der Waals surface area contributed by atoms with Crippen LogP contribution in [-0.4, -0.2) is 31.1 Å². The minimum absolute atomic E-state index is 0.0734. The second-order valence-corrected chi connectivity index (χ2v) is 10.8. The third-order valence-electron chi connectivity index (χ3n) is 6.25. The SMILES string of the molecule is CC(C)(C)C[C@@H]1N[C@@H](C(=O)NCCCN)[C@H](c2cccc(Cl)c2)[C@@]1(C#N)c1ccc(Cl)cc1. The number of benzene rings is 2. The van der Waals surface area contributed by atoms with Gasteiger partial charge in [-0.3, -0.25) is 4.79 Å². The number of carbonyl (C=O) groups excluding carboxylic acids is 1. The molecule has 33 heavy (non-hydrogen) atoms. The molecule has 0 spiro atoms. The summed E-state index contributed by atoms with van der Waals surface area (Å²) in [7, 11) is 0. The van der Waals surface area contributed by atoms with Crippen LogP contribution in [0.3, 0.4) is 0 Å². The van der Waals surface area contributed by atoms with Crippen LogP contribution in [0.1, 0.15) is 50.7 Å². The lowest BCUT2D eigenvalue weighted by atomic mass is 9.63. The summed E-state index contributed by atoms with van der Waals surface area (Å²) < 4.78 is 0. The Morgan fingerprint density at radius 1 is 1.18 bits per heavy atom. The van der Waals surface area contributed by atoms with Crippen molar-refractivity contribution >= 4 is 29.1 Å². The van der Waals surface area contributed by atoms with Crippen molar-refractivity contribution in [2.24, 2.45) is 11.1 Å². The molecule has 4 atom stereocenters. The van der Waals surface area contributed by atoms with E-state index in [4.69, 9.17) is 28.9 Å². The average Bonchev–Trinajstić information content (AvgIpc) is 3.07. The van der Waals surface area contributed by atoms with Gasteiger partial charge in [-0.2, -0.15) is 5.26 Å². The fourth-order valence-corrected chi connectivity index (χ4v) is 5.21. The van der Waals surface area contributed by atoms with Crippen molar-refractivity contribution in [3.8, 4) is 6.07 Å². The normalized spacial score (nSPS) is 24.9. The van der Waals surface area contributed by atoms with Gasteiger partial charge in [0.2, 0.25) is 5.91 Å². The molecule has 7 heteroatoms. The van der Waals surface area contributed by atoms with Crippen LogP contribution in [0.4, 0.5) is 0 Å². The van der Waals surface area contributed by atoms with Crippen molar-refractivity contribution in [3.05, 3.63) is 69.7 Å². The van der Waals surface area contributed by atoms with Gasteiger partial charge in [0.15, 0.2) is 0 Å². The van der Waals surface area contributed by atoms with Crippen LogP contribution in [0.25, 0.3) is 0 Å². The lowest BCUT2D eigenvalue weighted by Crippen LogP contribution is -2.46. The predicted molar refractivity (Wildman–Crippen MR) is 134 cm³/mol. The number of hydrogen-bond donors (Lipinski definition) is 3. The molecule has 0 unspecified atom stereocenters. The van der Waals surface area contributed by atoms with Crippen LogP contribution in [-0.2, 0) is 10.2 Å². The molecule has 0 bridgehead atoms. The van der Waals surface area contributed by atoms with E-state index in [2.05, 4.69) is 37.5 Å². The van der Waals surface area contributed by atoms with Gasteiger partial charge < -0.3 is 16.4 Å². The Hall–Kier alpha value is -2.10. The molecule has 1 aliphatic rings. The van der Waals surface area contributed by atoms with E-state index in [9.17, 15) is 10.1 Å². The number of nitriles is 1. The third kappa shape index (κ3) is 5.53. The molecule has 2 aromatic carbocycles. The number of halogens is 2. The summed E-state index contributed by atoms with van der Waals surface area (Å²) in [6.45, 7) is 7.40. The van der Waals surface area contributed by atoms with Crippen LogP contribution in [0.5, 0.6) is 0 Å². The topological polar surface area (TPSA) is 90.9 Å². The van der Waals surface area contributed by atoms with Gasteiger partial charge in [-0.15, -0.1) is 0 Å². The lowest BCUT2D eigenvalue weighted by Gasteiger charge is -2.37. The molecule has 2 aromatic rings. The molecule has 0 aliphatic carbocycles. The average molecular weight is 487 g/mol. The van der Waals surface area contributed by atoms with E-state index in [1.54, 1.807) is 18.2 Å². The Morgan fingerprint density at radius 3 is 2.45 bits per heavy atom. The summed E-state index contributed by atoms with van der Waals surface area (Å²) >= 11 is 12.5. The van der Waals surface area contributed by atoms with E-state index in [1.807, 2.05) is 30.3 Å². The van der Waals surface area contributed by atoms with E-state index in [1.165, 1.54) is 0 Å². The van der Waals surface area contributed by atoms with Gasteiger partial charge >= 0.3 is 0 Å². The summed E-state index contributed by atoms with van der Waals surface area (Å²) in [6, 6.07) is 16.6. The molecule has 5 nitrogen and oxygen atoms in total. The summed E-state index contributed by atoms with van der Waals surface area (Å²) in [5.74, 6) is -0.592. The molecule has 0 radical (unpaired) electrons. The molecular weight excluding hydrogens is 455 g/mol. The number of nitrogens with zero attached hydrogens (tertiary/aromatic N) is 1. The summed E-state index contributed by atoms with van der Waals surface area (Å²) in [6.07, 6.45) is 1.39. The zero-order valence-corrected chi connectivity index (χ0v) is 20.9. The fraction of sp³-hybridized carbons (Fsp3) is 0.462. The smallest absolute Gasteiger partial charge is 0.237 e. The van der Waals surface area contributed by atoms with Gasteiger partial charge in [-0.1, -0.05) is 68.2 Å². The fourth-order valence-electron chi connectivity index (χ4n) is 4.88.